The van der Waals surface area contributed by atoms with Gasteiger partial charge in [-0.3, -0.25) is 14.6 Å². The number of benzene rings is 1. The Labute approximate surface area is 249 Å². The van der Waals surface area contributed by atoms with Gasteiger partial charge in [-0.05, 0) is 67.5 Å². The highest BCUT2D eigenvalue weighted by atomic mass is 35.5. The van der Waals surface area contributed by atoms with E-state index < -0.39 is 35.2 Å². The molecule has 1 saturated carbocycles. The Morgan fingerprint density at radius 2 is 1.81 bits per heavy atom. The Hall–Kier alpha value is -4.19. The Morgan fingerprint density at radius 1 is 1.07 bits per heavy atom. The van der Waals surface area contributed by atoms with Crippen LogP contribution in [-0.4, -0.2) is 58.5 Å². The average Bonchev–Trinajstić information content (AvgIpc) is 3.19. The number of hydrogen-bond donors (Lipinski definition) is 2. The molecule has 9 nitrogen and oxygen atoms in total. The summed E-state index contributed by atoms with van der Waals surface area (Å²) in [6, 6.07) is 8.41. The van der Waals surface area contributed by atoms with Gasteiger partial charge in [0, 0.05) is 38.1 Å². The number of anilines is 2. The van der Waals surface area contributed by atoms with E-state index in [2.05, 4.69) is 15.3 Å². The maximum atomic E-state index is 14.4. The summed E-state index contributed by atoms with van der Waals surface area (Å²) >= 11 is 5.89. The van der Waals surface area contributed by atoms with Crippen molar-refractivity contribution >= 4 is 40.9 Å². The Kier molecular flexibility index (Phi) is 7.49. The van der Waals surface area contributed by atoms with Gasteiger partial charge in [-0.2, -0.15) is 0 Å². The van der Waals surface area contributed by atoms with E-state index in [0.29, 0.717) is 56.8 Å². The SMILES string of the molecule is O=C(O)c1ccc(N2CC3(C2)C(=O)N(C[C@H]2CC[C@H](NC(=O)c4cc(Cl)cnc4C(F)F)CC2)c2cc(F)ccc23)nc1. The fourth-order valence-corrected chi connectivity index (χ4v) is 6.54. The van der Waals surface area contributed by atoms with E-state index in [1.165, 1.54) is 30.5 Å². The molecule has 2 fully saturated rings. The van der Waals surface area contributed by atoms with Crippen molar-refractivity contribution in [3.8, 4) is 0 Å². The van der Waals surface area contributed by atoms with E-state index in [1.54, 1.807) is 17.0 Å². The number of aromatic carboxylic acids is 1. The predicted molar refractivity (Wildman–Crippen MR) is 151 cm³/mol. The van der Waals surface area contributed by atoms with Gasteiger partial charge in [0.2, 0.25) is 5.91 Å². The van der Waals surface area contributed by atoms with Crippen LogP contribution >= 0.6 is 11.6 Å². The van der Waals surface area contributed by atoms with E-state index >= 15 is 0 Å². The quantitative estimate of drug-likeness (QED) is 0.385. The van der Waals surface area contributed by atoms with Gasteiger partial charge in [0.1, 0.15) is 22.7 Å². The van der Waals surface area contributed by atoms with E-state index in [4.69, 9.17) is 16.7 Å². The minimum Gasteiger partial charge on any atom is -0.478 e. The number of amides is 2. The molecule has 2 amide bonds. The Bertz CT molecular complexity index is 1590. The van der Waals surface area contributed by atoms with E-state index in [9.17, 15) is 27.6 Å². The molecule has 6 rings (SSSR count). The number of carbonyl (C=O) groups excluding carboxylic acids is 2. The standard InChI is InChI=1S/C30H27ClF3N5O4/c31-18-9-21(25(26(33)34)36-12-18)27(40)37-20-5-1-16(2-6-20)13-39-23-10-19(32)4-7-22(23)30(29(39)43)14-38(15-30)24-8-3-17(11-35-24)28(41)42/h3-4,7-12,16,20,26H,1-2,5-6,13-15H2,(H,37,40)(H,41,42)/t16-,20-. The van der Waals surface area contributed by atoms with Gasteiger partial charge < -0.3 is 20.2 Å². The smallest absolute Gasteiger partial charge is 0.337 e. The summed E-state index contributed by atoms with van der Waals surface area (Å²) in [6.07, 6.45) is 1.96. The van der Waals surface area contributed by atoms with Gasteiger partial charge in [0.15, 0.2) is 0 Å². The maximum absolute atomic E-state index is 14.4. The number of carbonyl (C=O) groups is 3. The summed E-state index contributed by atoms with van der Waals surface area (Å²) in [5, 5.41) is 12.0. The molecule has 0 atom stereocenters. The number of carboxylic acid groups (broad SMARTS) is 1. The lowest BCUT2D eigenvalue weighted by atomic mass is 9.74. The molecule has 3 aliphatic rings. The summed E-state index contributed by atoms with van der Waals surface area (Å²) in [6.45, 7) is 1.05. The predicted octanol–water partition coefficient (Wildman–Crippen LogP) is 5.00. The first-order valence-electron chi connectivity index (χ1n) is 13.9. The molecule has 2 aliphatic heterocycles. The summed E-state index contributed by atoms with van der Waals surface area (Å²) < 4.78 is 41.1. The summed E-state index contributed by atoms with van der Waals surface area (Å²) in [7, 11) is 0. The number of nitrogens with zero attached hydrogens (tertiary/aromatic N) is 4. The minimum absolute atomic E-state index is 0.0663. The maximum Gasteiger partial charge on any atom is 0.337 e. The van der Waals surface area contributed by atoms with Crippen molar-refractivity contribution in [1.82, 2.24) is 15.3 Å². The van der Waals surface area contributed by atoms with Crippen molar-refractivity contribution in [2.24, 2.45) is 5.92 Å². The second kappa shape index (κ2) is 11.1. The summed E-state index contributed by atoms with van der Waals surface area (Å²) in [5.74, 6) is -1.64. The van der Waals surface area contributed by atoms with Crippen molar-refractivity contribution in [3.05, 3.63) is 82.0 Å². The van der Waals surface area contributed by atoms with Crippen molar-refractivity contribution in [1.29, 1.82) is 0 Å². The van der Waals surface area contributed by atoms with Gasteiger partial charge in [0.05, 0.1) is 21.8 Å². The number of alkyl halides is 2. The molecule has 0 bridgehead atoms. The van der Waals surface area contributed by atoms with Crippen LogP contribution in [0.15, 0.2) is 48.8 Å². The normalized spacial score (nSPS) is 20.7. The highest BCUT2D eigenvalue weighted by Crippen LogP contribution is 2.49. The number of rotatable bonds is 7. The van der Waals surface area contributed by atoms with Crippen molar-refractivity contribution in [3.63, 3.8) is 0 Å². The fraction of sp³-hybridized carbons (Fsp3) is 0.367. The first kappa shape index (κ1) is 28.9. The van der Waals surface area contributed by atoms with Crippen LogP contribution in [0.25, 0.3) is 0 Å². The van der Waals surface area contributed by atoms with Gasteiger partial charge in [0.25, 0.3) is 12.3 Å². The number of fused-ring (bicyclic) bond motifs is 2. The zero-order valence-corrected chi connectivity index (χ0v) is 23.5. The highest BCUT2D eigenvalue weighted by molar-refractivity contribution is 6.30. The largest absolute Gasteiger partial charge is 0.478 e. The zero-order chi connectivity index (χ0) is 30.5. The molecule has 4 heterocycles. The lowest BCUT2D eigenvalue weighted by Gasteiger charge is -2.47. The molecule has 1 aromatic carbocycles. The summed E-state index contributed by atoms with van der Waals surface area (Å²) in [5.41, 5.74) is -0.360. The van der Waals surface area contributed by atoms with Gasteiger partial charge in [-0.25, -0.2) is 22.9 Å². The minimum atomic E-state index is -2.92. The van der Waals surface area contributed by atoms with Crippen LogP contribution in [0.2, 0.25) is 5.02 Å². The molecule has 0 unspecified atom stereocenters. The molecule has 0 radical (unpaired) electrons. The van der Waals surface area contributed by atoms with Crippen LogP contribution in [0.4, 0.5) is 24.7 Å². The molecular formula is C30H27ClF3N5O4. The number of nitrogens with one attached hydrogen (secondary N) is 1. The number of pyridine rings is 2. The molecule has 43 heavy (non-hydrogen) atoms. The van der Waals surface area contributed by atoms with Crippen molar-refractivity contribution in [2.45, 2.75) is 43.6 Å². The fourth-order valence-electron chi connectivity index (χ4n) is 6.39. The molecule has 1 saturated heterocycles. The van der Waals surface area contributed by atoms with Crippen LogP contribution < -0.4 is 15.1 Å². The third kappa shape index (κ3) is 5.28. The van der Waals surface area contributed by atoms with Crippen molar-refractivity contribution < 1.29 is 32.7 Å². The van der Waals surface area contributed by atoms with Gasteiger partial charge >= 0.3 is 5.97 Å². The number of carboxylic acids is 1. The molecule has 2 N–H and O–H groups in total. The van der Waals surface area contributed by atoms with Crippen LogP contribution in [-0.2, 0) is 10.2 Å². The highest BCUT2D eigenvalue weighted by Gasteiger charge is 2.58. The number of hydrogen-bond acceptors (Lipinski definition) is 6. The number of aromatic nitrogens is 2. The van der Waals surface area contributed by atoms with Crippen LogP contribution in [0.1, 0.15) is 64.1 Å². The van der Waals surface area contributed by atoms with Crippen LogP contribution in [0, 0.1) is 11.7 Å². The number of halogens is 4. The third-order valence-electron chi connectivity index (χ3n) is 8.62. The van der Waals surface area contributed by atoms with Gasteiger partial charge in [-0.15, -0.1) is 0 Å². The van der Waals surface area contributed by atoms with E-state index in [-0.39, 0.29) is 34.0 Å². The van der Waals surface area contributed by atoms with Crippen molar-refractivity contribution in [2.75, 3.05) is 29.4 Å². The molecule has 1 spiro atoms. The lowest BCUT2D eigenvalue weighted by Crippen LogP contribution is -2.64. The second-order valence-corrected chi connectivity index (χ2v) is 11.7. The van der Waals surface area contributed by atoms with Crippen LogP contribution in [0.5, 0.6) is 0 Å². The lowest BCUT2D eigenvalue weighted by molar-refractivity contribution is -0.124. The molecule has 1 aliphatic carbocycles. The zero-order valence-electron chi connectivity index (χ0n) is 22.8. The molecule has 3 aromatic rings. The first-order chi connectivity index (χ1) is 20.6. The molecule has 2 aromatic heterocycles. The Morgan fingerprint density at radius 3 is 2.47 bits per heavy atom. The molecular weight excluding hydrogens is 587 g/mol. The second-order valence-electron chi connectivity index (χ2n) is 11.3. The third-order valence-corrected chi connectivity index (χ3v) is 8.83. The van der Waals surface area contributed by atoms with E-state index in [0.717, 1.165) is 11.8 Å². The Balaban J connectivity index is 1.11. The monoisotopic (exact) mass is 613 g/mol. The molecule has 13 heteroatoms. The van der Waals surface area contributed by atoms with E-state index in [1.807, 2.05) is 4.90 Å². The first-order valence-corrected chi connectivity index (χ1v) is 14.2. The molecule has 224 valence electrons. The van der Waals surface area contributed by atoms with Crippen LogP contribution in [0.3, 0.4) is 0 Å². The summed E-state index contributed by atoms with van der Waals surface area (Å²) in [4.78, 5) is 49.2. The average molecular weight is 614 g/mol. The topological polar surface area (TPSA) is 116 Å². The van der Waals surface area contributed by atoms with Gasteiger partial charge in [-0.1, -0.05) is 17.7 Å².